The minimum Gasteiger partial charge on any atom is -0.497 e. The normalized spacial score (nSPS) is 14.0. The highest BCUT2D eigenvalue weighted by atomic mass is 19.4. The number of rotatable bonds is 5. The van der Waals surface area contributed by atoms with Crippen LogP contribution in [-0.4, -0.2) is 35.9 Å². The molecule has 0 unspecified atom stereocenters. The summed E-state index contributed by atoms with van der Waals surface area (Å²) in [5, 5.41) is 6.39. The van der Waals surface area contributed by atoms with Gasteiger partial charge in [0, 0.05) is 29.8 Å². The lowest BCUT2D eigenvalue weighted by atomic mass is 10.1. The largest absolute Gasteiger partial charge is 0.497 e. The maximum Gasteiger partial charge on any atom is 0.435 e. The second-order valence-electron chi connectivity index (χ2n) is 5.78. The van der Waals surface area contributed by atoms with E-state index in [9.17, 15) is 18.0 Å². The van der Waals surface area contributed by atoms with Crippen LogP contribution in [0.3, 0.4) is 0 Å². The van der Waals surface area contributed by atoms with E-state index in [0.29, 0.717) is 30.0 Å². The molecule has 9 heteroatoms. The van der Waals surface area contributed by atoms with Crippen molar-refractivity contribution in [2.75, 3.05) is 20.3 Å². The first-order chi connectivity index (χ1) is 12.4. The van der Waals surface area contributed by atoms with E-state index in [-0.39, 0.29) is 31.2 Å². The summed E-state index contributed by atoms with van der Waals surface area (Å²) in [5.41, 5.74) is 0.138. The molecule has 0 radical (unpaired) electrons. The van der Waals surface area contributed by atoms with Crippen molar-refractivity contribution in [3.05, 3.63) is 46.8 Å². The molecule has 1 N–H and O–H groups in total. The van der Waals surface area contributed by atoms with Gasteiger partial charge in [-0.15, -0.1) is 0 Å². The van der Waals surface area contributed by atoms with E-state index >= 15 is 0 Å². The number of benzene rings is 1. The number of alkyl halides is 3. The fourth-order valence-electron chi connectivity index (χ4n) is 2.84. The Morgan fingerprint density at radius 3 is 2.73 bits per heavy atom. The number of halogens is 3. The molecule has 1 aliphatic rings. The van der Waals surface area contributed by atoms with E-state index in [1.807, 2.05) is 0 Å². The number of carbonyl (C=O) groups is 1. The summed E-state index contributed by atoms with van der Waals surface area (Å²) in [4.78, 5) is 12.1. The lowest BCUT2D eigenvalue weighted by Crippen LogP contribution is -2.28. The number of ether oxygens (including phenoxy) is 2. The molecule has 1 aromatic carbocycles. The Labute approximate surface area is 147 Å². The van der Waals surface area contributed by atoms with Crippen molar-refractivity contribution in [2.24, 2.45) is 0 Å². The highest BCUT2D eigenvalue weighted by Gasteiger charge is 2.39. The molecule has 0 fully saturated rings. The van der Waals surface area contributed by atoms with E-state index in [2.05, 4.69) is 10.4 Å². The lowest BCUT2D eigenvalue weighted by Gasteiger charge is -2.15. The molecule has 1 amide bonds. The minimum atomic E-state index is -4.53. The van der Waals surface area contributed by atoms with Crippen LogP contribution in [0.25, 0.3) is 0 Å². The number of nitrogens with zero attached hydrogens (tertiary/aromatic N) is 2. The Kier molecular flexibility index (Phi) is 5.17. The Balaban J connectivity index is 1.66. The second kappa shape index (κ2) is 7.36. The summed E-state index contributed by atoms with van der Waals surface area (Å²) in [7, 11) is 1.53. The quantitative estimate of drug-likeness (QED) is 0.879. The molecule has 140 valence electrons. The van der Waals surface area contributed by atoms with Gasteiger partial charge in [0.25, 0.3) is 5.91 Å². The standard InChI is InChI=1S/C17H18F3N3O3/c1-25-12-4-2-11(3-5-12)16(24)21-7-8-23-14-6-9-26-10-13(14)15(22-23)17(18,19)20/h2-5H,6-10H2,1H3,(H,21,24). The molecule has 6 nitrogen and oxygen atoms in total. The zero-order chi connectivity index (χ0) is 18.7. The molecule has 0 saturated carbocycles. The molecular weight excluding hydrogens is 351 g/mol. The molecule has 0 aliphatic carbocycles. The van der Waals surface area contributed by atoms with Gasteiger partial charge in [-0.05, 0) is 24.3 Å². The van der Waals surface area contributed by atoms with E-state index in [0.717, 1.165) is 0 Å². The third-order valence-electron chi connectivity index (χ3n) is 4.13. The van der Waals surface area contributed by atoms with Crippen LogP contribution in [0.5, 0.6) is 5.75 Å². The van der Waals surface area contributed by atoms with Gasteiger partial charge in [0.2, 0.25) is 0 Å². The Hall–Kier alpha value is -2.55. The molecule has 1 aromatic heterocycles. The van der Waals surface area contributed by atoms with Gasteiger partial charge in [-0.3, -0.25) is 9.48 Å². The van der Waals surface area contributed by atoms with Crippen molar-refractivity contribution in [3.8, 4) is 5.75 Å². The molecule has 0 bridgehead atoms. The van der Waals surface area contributed by atoms with Crippen LogP contribution >= 0.6 is 0 Å². The van der Waals surface area contributed by atoms with Gasteiger partial charge in [-0.25, -0.2) is 0 Å². The number of hydrogen-bond acceptors (Lipinski definition) is 4. The predicted octanol–water partition coefficient (Wildman–Crippen LogP) is 2.41. The number of fused-ring (bicyclic) bond motifs is 1. The summed E-state index contributed by atoms with van der Waals surface area (Å²) in [5.74, 6) is 0.319. The average molecular weight is 369 g/mol. The molecule has 3 rings (SSSR count). The van der Waals surface area contributed by atoms with E-state index < -0.39 is 11.9 Å². The Bertz CT molecular complexity index is 785. The number of aromatic nitrogens is 2. The number of carbonyl (C=O) groups excluding carboxylic acids is 1. The van der Waals surface area contributed by atoms with Gasteiger partial charge >= 0.3 is 6.18 Å². The molecule has 0 spiro atoms. The van der Waals surface area contributed by atoms with Crippen LogP contribution in [0.1, 0.15) is 27.3 Å². The SMILES string of the molecule is COc1ccc(C(=O)NCCn2nc(C(F)(F)F)c3c2CCOC3)cc1. The van der Waals surface area contributed by atoms with Gasteiger partial charge in [0.05, 0.1) is 26.9 Å². The van der Waals surface area contributed by atoms with Crippen molar-refractivity contribution in [2.45, 2.75) is 25.7 Å². The van der Waals surface area contributed by atoms with Crippen molar-refractivity contribution >= 4 is 5.91 Å². The van der Waals surface area contributed by atoms with Crippen molar-refractivity contribution in [3.63, 3.8) is 0 Å². The van der Waals surface area contributed by atoms with Crippen molar-refractivity contribution < 1.29 is 27.4 Å². The first kappa shape index (κ1) is 18.2. The predicted molar refractivity (Wildman–Crippen MR) is 85.9 cm³/mol. The maximum absolute atomic E-state index is 13.1. The van der Waals surface area contributed by atoms with Crippen LogP contribution in [-0.2, 0) is 30.5 Å². The van der Waals surface area contributed by atoms with Gasteiger partial charge in [-0.1, -0.05) is 0 Å². The van der Waals surface area contributed by atoms with Crippen LogP contribution < -0.4 is 10.1 Å². The third-order valence-corrected chi connectivity index (χ3v) is 4.13. The topological polar surface area (TPSA) is 65.4 Å². The van der Waals surface area contributed by atoms with E-state index in [1.54, 1.807) is 24.3 Å². The zero-order valence-electron chi connectivity index (χ0n) is 14.1. The highest BCUT2D eigenvalue weighted by molar-refractivity contribution is 5.94. The number of nitrogens with one attached hydrogen (secondary N) is 1. The minimum absolute atomic E-state index is 0.0882. The van der Waals surface area contributed by atoms with Gasteiger partial charge in [0.1, 0.15) is 5.75 Å². The highest BCUT2D eigenvalue weighted by Crippen LogP contribution is 2.34. The molecule has 0 atom stereocenters. The van der Waals surface area contributed by atoms with Crippen LogP contribution in [0.4, 0.5) is 13.2 Å². The Morgan fingerprint density at radius 2 is 2.08 bits per heavy atom. The lowest BCUT2D eigenvalue weighted by molar-refractivity contribution is -0.142. The Morgan fingerprint density at radius 1 is 1.35 bits per heavy atom. The molecule has 2 heterocycles. The fraction of sp³-hybridized carbons (Fsp3) is 0.412. The molecule has 1 aliphatic heterocycles. The number of hydrogen-bond donors (Lipinski definition) is 1. The number of methoxy groups -OCH3 is 1. The molecule has 0 saturated heterocycles. The summed E-state index contributed by atoms with van der Waals surface area (Å²) in [6.07, 6.45) is -4.16. The van der Waals surface area contributed by atoms with Gasteiger partial charge in [0.15, 0.2) is 5.69 Å². The monoisotopic (exact) mass is 369 g/mol. The zero-order valence-corrected chi connectivity index (χ0v) is 14.1. The fourth-order valence-corrected chi connectivity index (χ4v) is 2.84. The van der Waals surface area contributed by atoms with E-state index in [4.69, 9.17) is 9.47 Å². The van der Waals surface area contributed by atoms with Gasteiger partial charge in [-0.2, -0.15) is 18.3 Å². The summed E-state index contributed by atoms with van der Waals surface area (Å²) >= 11 is 0. The van der Waals surface area contributed by atoms with Crippen LogP contribution in [0, 0.1) is 0 Å². The molecule has 26 heavy (non-hydrogen) atoms. The molecular formula is C17H18F3N3O3. The summed E-state index contributed by atoms with van der Waals surface area (Å²) in [6, 6.07) is 6.55. The number of amides is 1. The summed E-state index contributed by atoms with van der Waals surface area (Å²) in [6.45, 7) is 0.577. The van der Waals surface area contributed by atoms with Gasteiger partial charge < -0.3 is 14.8 Å². The first-order valence-corrected chi connectivity index (χ1v) is 8.06. The van der Waals surface area contributed by atoms with Crippen molar-refractivity contribution in [1.29, 1.82) is 0 Å². The van der Waals surface area contributed by atoms with Crippen LogP contribution in [0.15, 0.2) is 24.3 Å². The van der Waals surface area contributed by atoms with Crippen LogP contribution in [0.2, 0.25) is 0 Å². The third kappa shape index (κ3) is 3.82. The van der Waals surface area contributed by atoms with E-state index in [1.165, 1.54) is 11.8 Å². The maximum atomic E-state index is 13.1. The first-order valence-electron chi connectivity index (χ1n) is 8.06. The van der Waals surface area contributed by atoms with Crippen molar-refractivity contribution in [1.82, 2.24) is 15.1 Å². The average Bonchev–Trinajstić information content (AvgIpc) is 3.01. The molecule has 2 aromatic rings. The second-order valence-corrected chi connectivity index (χ2v) is 5.78. The summed E-state index contributed by atoms with van der Waals surface area (Å²) < 4.78 is 50.8. The smallest absolute Gasteiger partial charge is 0.435 e.